The highest BCUT2D eigenvalue weighted by atomic mass is 35.5. The predicted octanol–water partition coefficient (Wildman–Crippen LogP) is 1.06. The smallest absolute Gasteiger partial charge is 0.332 e. The zero-order chi connectivity index (χ0) is 15.0. The van der Waals surface area contributed by atoms with E-state index in [0.29, 0.717) is 10.8 Å². The van der Waals surface area contributed by atoms with E-state index in [0.717, 1.165) is 0 Å². The van der Waals surface area contributed by atoms with Gasteiger partial charge in [0.15, 0.2) is 6.10 Å². The maximum atomic E-state index is 11.4. The van der Waals surface area contributed by atoms with Crippen molar-refractivity contribution in [3.05, 3.63) is 29.3 Å². The first-order valence-corrected chi connectivity index (χ1v) is 6.43. The molecule has 0 saturated heterocycles. The van der Waals surface area contributed by atoms with E-state index in [2.05, 4.69) is 5.32 Å². The summed E-state index contributed by atoms with van der Waals surface area (Å²) in [6, 6.07) is 6.83. The summed E-state index contributed by atoms with van der Waals surface area (Å²) in [5.74, 6) is -1.00. The van der Waals surface area contributed by atoms with Gasteiger partial charge >= 0.3 is 5.97 Å². The topological polar surface area (TPSA) is 95.9 Å². The number of amides is 1. The molecule has 3 N–H and O–H groups in total. The molecule has 0 unspecified atom stereocenters. The van der Waals surface area contributed by atoms with Crippen LogP contribution < -0.4 is 10.1 Å². The number of carbonyl (C=O) groups is 2. The number of hydrogen-bond acceptors (Lipinski definition) is 4. The molecule has 0 saturated carbocycles. The van der Waals surface area contributed by atoms with Crippen LogP contribution in [-0.4, -0.2) is 41.3 Å². The lowest BCUT2D eigenvalue weighted by Crippen LogP contribution is -2.30. The van der Waals surface area contributed by atoms with E-state index in [1.54, 1.807) is 24.3 Å². The predicted molar refractivity (Wildman–Crippen MR) is 72.8 cm³/mol. The second-order valence-electron chi connectivity index (χ2n) is 4.05. The first-order valence-electron chi connectivity index (χ1n) is 6.05. The molecule has 1 amide bonds. The van der Waals surface area contributed by atoms with Crippen molar-refractivity contribution in [2.24, 2.45) is 0 Å². The number of rotatable bonds is 8. The van der Waals surface area contributed by atoms with Gasteiger partial charge in [0.2, 0.25) is 5.91 Å². The third kappa shape index (κ3) is 6.40. The van der Waals surface area contributed by atoms with Crippen LogP contribution in [0.2, 0.25) is 5.02 Å². The summed E-state index contributed by atoms with van der Waals surface area (Å²) in [5.41, 5.74) is 0. The summed E-state index contributed by atoms with van der Waals surface area (Å²) in [4.78, 5) is 21.7. The minimum Gasteiger partial charge on any atom is -0.493 e. The largest absolute Gasteiger partial charge is 0.493 e. The lowest BCUT2D eigenvalue weighted by Gasteiger charge is -2.08. The van der Waals surface area contributed by atoms with Crippen LogP contribution in [0.15, 0.2) is 24.3 Å². The van der Waals surface area contributed by atoms with Crippen LogP contribution in [0, 0.1) is 0 Å². The Balaban J connectivity index is 2.16. The fraction of sp³-hybridized carbons (Fsp3) is 0.385. The van der Waals surface area contributed by atoms with Crippen LogP contribution in [0.1, 0.15) is 12.8 Å². The molecule has 1 rings (SSSR count). The fourth-order valence-electron chi connectivity index (χ4n) is 1.38. The Morgan fingerprint density at radius 3 is 2.80 bits per heavy atom. The maximum absolute atomic E-state index is 11.4. The Morgan fingerprint density at radius 2 is 2.15 bits per heavy atom. The van der Waals surface area contributed by atoms with Crippen molar-refractivity contribution in [3.8, 4) is 5.75 Å². The Labute approximate surface area is 121 Å². The van der Waals surface area contributed by atoms with Gasteiger partial charge < -0.3 is 20.3 Å². The number of benzene rings is 1. The fourth-order valence-corrected chi connectivity index (χ4v) is 1.56. The van der Waals surface area contributed by atoms with E-state index < -0.39 is 12.1 Å². The molecule has 0 heterocycles. The molecule has 1 aromatic rings. The first-order chi connectivity index (χ1) is 9.49. The molecule has 0 aliphatic heterocycles. The molecule has 7 heteroatoms. The van der Waals surface area contributed by atoms with Gasteiger partial charge in [-0.1, -0.05) is 17.7 Å². The van der Waals surface area contributed by atoms with Crippen molar-refractivity contribution in [1.82, 2.24) is 5.32 Å². The van der Waals surface area contributed by atoms with E-state index in [1.807, 2.05) is 0 Å². The number of nitrogens with one attached hydrogen (secondary N) is 1. The molecule has 0 fully saturated rings. The third-order valence-corrected chi connectivity index (χ3v) is 2.65. The summed E-state index contributed by atoms with van der Waals surface area (Å²) < 4.78 is 5.33. The lowest BCUT2D eigenvalue weighted by atomic mass is 10.2. The molecule has 0 aliphatic carbocycles. The van der Waals surface area contributed by atoms with Gasteiger partial charge in [-0.25, -0.2) is 4.79 Å². The molecular weight excluding hydrogens is 286 g/mol. The maximum Gasteiger partial charge on any atom is 0.332 e. The summed E-state index contributed by atoms with van der Waals surface area (Å²) in [6.07, 6.45) is -1.36. The molecule has 20 heavy (non-hydrogen) atoms. The number of aliphatic carboxylic acids is 1. The SMILES string of the molecule is O=C(CCOc1cccc(Cl)c1)NCC[C@H](O)C(=O)O. The van der Waals surface area contributed by atoms with Gasteiger partial charge in [0, 0.05) is 18.0 Å². The number of aliphatic hydroxyl groups excluding tert-OH is 1. The van der Waals surface area contributed by atoms with Crippen molar-refractivity contribution in [2.75, 3.05) is 13.2 Å². The summed E-state index contributed by atoms with van der Waals surface area (Å²) in [5, 5.41) is 20.5. The van der Waals surface area contributed by atoms with Gasteiger partial charge in [-0.05, 0) is 18.2 Å². The zero-order valence-corrected chi connectivity index (χ0v) is 11.5. The standard InChI is InChI=1S/C13H16ClNO5/c14-9-2-1-3-10(8-9)20-7-5-12(17)15-6-4-11(16)13(18)19/h1-3,8,11,16H,4-7H2,(H,15,17)(H,18,19)/t11-/m0/s1. The highest BCUT2D eigenvalue weighted by Gasteiger charge is 2.12. The van der Waals surface area contributed by atoms with Gasteiger partial charge in [0.25, 0.3) is 0 Å². The Morgan fingerprint density at radius 1 is 1.40 bits per heavy atom. The van der Waals surface area contributed by atoms with Crippen molar-refractivity contribution in [3.63, 3.8) is 0 Å². The van der Waals surface area contributed by atoms with Crippen molar-refractivity contribution in [2.45, 2.75) is 18.9 Å². The molecular formula is C13H16ClNO5. The van der Waals surface area contributed by atoms with Gasteiger partial charge in [-0.2, -0.15) is 0 Å². The third-order valence-electron chi connectivity index (χ3n) is 2.42. The Bertz CT molecular complexity index is 466. The Hall–Kier alpha value is -1.79. The lowest BCUT2D eigenvalue weighted by molar-refractivity contribution is -0.147. The normalized spacial score (nSPS) is 11.7. The van der Waals surface area contributed by atoms with E-state index in [9.17, 15) is 9.59 Å². The number of ether oxygens (including phenoxy) is 1. The molecule has 0 aromatic heterocycles. The van der Waals surface area contributed by atoms with Crippen molar-refractivity contribution < 1.29 is 24.5 Å². The van der Waals surface area contributed by atoms with Crippen LogP contribution in [0.5, 0.6) is 5.75 Å². The van der Waals surface area contributed by atoms with Gasteiger partial charge in [-0.15, -0.1) is 0 Å². The second kappa shape index (κ2) is 8.39. The average molecular weight is 302 g/mol. The number of hydrogen-bond donors (Lipinski definition) is 3. The van der Waals surface area contributed by atoms with Gasteiger partial charge in [0.1, 0.15) is 5.75 Å². The van der Waals surface area contributed by atoms with Crippen LogP contribution in [-0.2, 0) is 9.59 Å². The zero-order valence-electron chi connectivity index (χ0n) is 10.7. The molecule has 1 atom stereocenters. The molecule has 6 nitrogen and oxygen atoms in total. The van der Waals surface area contributed by atoms with Crippen LogP contribution >= 0.6 is 11.6 Å². The Kier molecular flexibility index (Phi) is 6.83. The monoisotopic (exact) mass is 301 g/mol. The first kappa shape index (κ1) is 16.3. The average Bonchev–Trinajstić information content (AvgIpc) is 2.38. The number of halogens is 1. The van der Waals surface area contributed by atoms with Crippen LogP contribution in [0.25, 0.3) is 0 Å². The van der Waals surface area contributed by atoms with E-state index >= 15 is 0 Å². The quantitative estimate of drug-likeness (QED) is 0.667. The van der Waals surface area contributed by atoms with E-state index in [1.165, 1.54) is 0 Å². The van der Waals surface area contributed by atoms with Crippen molar-refractivity contribution >= 4 is 23.5 Å². The van der Waals surface area contributed by atoms with E-state index in [-0.39, 0.29) is 31.9 Å². The molecule has 0 aliphatic rings. The molecule has 0 radical (unpaired) electrons. The number of aliphatic hydroxyl groups is 1. The minimum absolute atomic E-state index is 0.0315. The number of carbonyl (C=O) groups excluding carboxylic acids is 1. The summed E-state index contributed by atoms with van der Waals surface area (Å²) in [6.45, 7) is 0.289. The van der Waals surface area contributed by atoms with Crippen LogP contribution in [0.4, 0.5) is 0 Å². The van der Waals surface area contributed by atoms with Gasteiger partial charge in [-0.3, -0.25) is 4.79 Å². The molecule has 1 aromatic carbocycles. The highest BCUT2D eigenvalue weighted by molar-refractivity contribution is 6.30. The van der Waals surface area contributed by atoms with Crippen LogP contribution in [0.3, 0.4) is 0 Å². The minimum atomic E-state index is -1.46. The molecule has 0 bridgehead atoms. The summed E-state index contributed by atoms with van der Waals surface area (Å²) in [7, 11) is 0. The van der Waals surface area contributed by atoms with Crippen molar-refractivity contribution in [1.29, 1.82) is 0 Å². The molecule has 110 valence electrons. The number of carboxylic acid groups (broad SMARTS) is 1. The van der Waals surface area contributed by atoms with E-state index in [4.69, 9.17) is 26.6 Å². The second-order valence-corrected chi connectivity index (χ2v) is 4.48. The number of carboxylic acids is 1. The highest BCUT2D eigenvalue weighted by Crippen LogP contribution is 2.16. The molecule has 0 spiro atoms. The van der Waals surface area contributed by atoms with Gasteiger partial charge in [0.05, 0.1) is 13.0 Å². The summed E-state index contributed by atoms with van der Waals surface area (Å²) >= 11 is 5.78.